The highest BCUT2D eigenvalue weighted by molar-refractivity contribution is 5.98. The van der Waals surface area contributed by atoms with Gasteiger partial charge in [-0.3, -0.25) is 9.59 Å². The topological polar surface area (TPSA) is 81.8 Å². The Labute approximate surface area is 124 Å². The molecule has 3 heterocycles. The number of carbonyl (C=O) groups excluding carboxylic acids is 3. The molecule has 0 bridgehead atoms. The van der Waals surface area contributed by atoms with Crippen LogP contribution >= 0.6 is 0 Å². The summed E-state index contributed by atoms with van der Waals surface area (Å²) < 4.78 is 0. The zero-order valence-electron chi connectivity index (χ0n) is 12.5. The lowest BCUT2D eigenvalue weighted by Crippen LogP contribution is -2.65. The molecule has 7 heteroatoms. The van der Waals surface area contributed by atoms with E-state index in [1.54, 1.807) is 9.80 Å². The van der Waals surface area contributed by atoms with E-state index < -0.39 is 6.04 Å². The Hall–Kier alpha value is -1.79. The molecule has 7 nitrogen and oxygen atoms in total. The summed E-state index contributed by atoms with van der Waals surface area (Å²) in [6.45, 7) is 4.96. The summed E-state index contributed by atoms with van der Waals surface area (Å²) in [7, 11) is 0. The van der Waals surface area contributed by atoms with E-state index in [0.29, 0.717) is 19.5 Å². The fourth-order valence-corrected chi connectivity index (χ4v) is 3.62. The number of piperazine rings is 1. The van der Waals surface area contributed by atoms with Crippen molar-refractivity contribution in [3.05, 3.63) is 0 Å². The van der Waals surface area contributed by atoms with Gasteiger partial charge in [0.2, 0.25) is 11.8 Å². The predicted molar refractivity (Wildman–Crippen MR) is 75.4 cm³/mol. The number of carbonyl (C=O) groups is 3. The molecule has 3 saturated heterocycles. The van der Waals surface area contributed by atoms with E-state index in [2.05, 4.69) is 10.6 Å². The zero-order valence-corrected chi connectivity index (χ0v) is 12.5. The molecule has 21 heavy (non-hydrogen) atoms. The second kappa shape index (κ2) is 5.20. The van der Waals surface area contributed by atoms with Crippen LogP contribution in [0.25, 0.3) is 0 Å². The Bertz CT molecular complexity index is 479. The van der Waals surface area contributed by atoms with Crippen molar-refractivity contribution >= 4 is 17.8 Å². The minimum absolute atomic E-state index is 0.00977. The second-order valence-corrected chi connectivity index (χ2v) is 6.33. The first kappa shape index (κ1) is 14.2. The number of hydrogen-bond acceptors (Lipinski definition) is 3. The normalized spacial score (nSPS) is 31.5. The largest absolute Gasteiger partial charge is 0.336 e. The molecule has 116 valence electrons. The van der Waals surface area contributed by atoms with Crippen molar-refractivity contribution < 1.29 is 14.4 Å². The molecule has 3 atom stereocenters. The van der Waals surface area contributed by atoms with Crippen LogP contribution in [0.2, 0.25) is 0 Å². The number of urea groups is 1. The number of fused-ring (bicyclic) bond motifs is 2. The van der Waals surface area contributed by atoms with Crippen molar-refractivity contribution in [2.45, 2.75) is 57.3 Å². The molecule has 3 aliphatic rings. The summed E-state index contributed by atoms with van der Waals surface area (Å²) >= 11 is 0. The van der Waals surface area contributed by atoms with Gasteiger partial charge in [0.25, 0.3) is 0 Å². The Morgan fingerprint density at radius 3 is 2.62 bits per heavy atom. The maximum absolute atomic E-state index is 12.6. The SMILES string of the molecule is CC(C)NC(=O)NC1CCN2C(=O)C3CCCN3C(=O)C12. The van der Waals surface area contributed by atoms with Gasteiger partial charge in [0, 0.05) is 19.1 Å². The standard InChI is InChI=1S/C14H22N4O3/c1-8(2)15-14(21)16-9-5-7-18-11(9)13(20)17-6-3-4-10(17)12(18)19/h8-11H,3-7H2,1-2H3,(H2,15,16,21). The molecule has 3 aliphatic heterocycles. The van der Waals surface area contributed by atoms with Gasteiger partial charge in [-0.1, -0.05) is 0 Å². The van der Waals surface area contributed by atoms with Crippen molar-refractivity contribution in [2.24, 2.45) is 0 Å². The zero-order chi connectivity index (χ0) is 15.1. The number of amides is 4. The van der Waals surface area contributed by atoms with Crippen molar-refractivity contribution in [1.82, 2.24) is 20.4 Å². The summed E-state index contributed by atoms with van der Waals surface area (Å²) in [5.74, 6) is 0.0371. The molecule has 3 rings (SSSR count). The van der Waals surface area contributed by atoms with E-state index in [1.807, 2.05) is 13.8 Å². The average Bonchev–Trinajstić information content (AvgIpc) is 3.01. The first-order valence-electron chi connectivity index (χ1n) is 7.67. The van der Waals surface area contributed by atoms with Crippen molar-refractivity contribution in [3.63, 3.8) is 0 Å². The fourth-order valence-electron chi connectivity index (χ4n) is 3.62. The van der Waals surface area contributed by atoms with Gasteiger partial charge in [0.15, 0.2) is 0 Å². The van der Waals surface area contributed by atoms with Gasteiger partial charge in [-0.25, -0.2) is 4.79 Å². The summed E-state index contributed by atoms with van der Waals surface area (Å²) in [5.41, 5.74) is 0. The van der Waals surface area contributed by atoms with Crippen LogP contribution in [0.15, 0.2) is 0 Å². The highest BCUT2D eigenvalue weighted by atomic mass is 16.2. The molecule has 0 spiro atoms. The molecule has 0 saturated carbocycles. The summed E-state index contributed by atoms with van der Waals surface area (Å²) in [6, 6.07) is -1.32. The summed E-state index contributed by atoms with van der Waals surface area (Å²) in [6.07, 6.45) is 2.28. The molecule has 0 radical (unpaired) electrons. The van der Waals surface area contributed by atoms with Crippen LogP contribution in [0, 0.1) is 0 Å². The van der Waals surface area contributed by atoms with Crippen LogP contribution in [-0.2, 0) is 9.59 Å². The minimum Gasteiger partial charge on any atom is -0.336 e. The number of hydrogen-bond donors (Lipinski definition) is 2. The first-order valence-corrected chi connectivity index (χ1v) is 7.67. The smallest absolute Gasteiger partial charge is 0.315 e. The van der Waals surface area contributed by atoms with E-state index >= 15 is 0 Å². The summed E-state index contributed by atoms with van der Waals surface area (Å²) in [5, 5.41) is 5.61. The summed E-state index contributed by atoms with van der Waals surface area (Å²) in [4.78, 5) is 40.3. The molecule has 2 N–H and O–H groups in total. The lowest BCUT2D eigenvalue weighted by Gasteiger charge is -2.40. The third-order valence-electron chi connectivity index (χ3n) is 4.49. The molecular weight excluding hydrogens is 272 g/mol. The van der Waals surface area contributed by atoms with Gasteiger partial charge in [-0.05, 0) is 33.1 Å². The van der Waals surface area contributed by atoms with E-state index in [9.17, 15) is 14.4 Å². The van der Waals surface area contributed by atoms with Crippen LogP contribution in [0.3, 0.4) is 0 Å². The van der Waals surface area contributed by atoms with Gasteiger partial charge >= 0.3 is 6.03 Å². The first-order chi connectivity index (χ1) is 9.99. The lowest BCUT2D eigenvalue weighted by atomic mass is 10.0. The molecule has 3 unspecified atom stereocenters. The van der Waals surface area contributed by atoms with E-state index in [1.165, 1.54) is 0 Å². The van der Waals surface area contributed by atoms with Gasteiger partial charge in [0.05, 0.1) is 6.04 Å². The van der Waals surface area contributed by atoms with Gasteiger partial charge < -0.3 is 20.4 Å². The van der Waals surface area contributed by atoms with Crippen molar-refractivity contribution in [3.8, 4) is 0 Å². The maximum Gasteiger partial charge on any atom is 0.315 e. The molecule has 4 amide bonds. The van der Waals surface area contributed by atoms with Crippen molar-refractivity contribution in [2.75, 3.05) is 13.1 Å². The second-order valence-electron chi connectivity index (χ2n) is 6.33. The monoisotopic (exact) mass is 294 g/mol. The quantitative estimate of drug-likeness (QED) is 0.731. The van der Waals surface area contributed by atoms with Crippen LogP contribution < -0.4 is 10.6 Å². The lowest BCUT2D eigenvalue weighted by molar-refractivity contribution is -0.157. The molecule has 0 aromatic heterocycles. The van der Waals surface area contributed by atoms with Crippen LogP contribution in [0.4, 0.5) is 4.79 Å². The van der Waals surface area contributed by atoms with Crippen molar-refractivity contribution in [1.29, 1.82) is 0 Å². The predicted octanol–water partition coefficient (Wildman–Crippen LogP) is -0.332. The van der Waals surface area contributed by atoms with E-state index in [-0.39, 0.29) is 36.0 Å². The van der Waals surface area contributed by atoms with Gasteiger partial charge in [0.1, 0.15) is 12.1 Å². The van der Waals surface area contributed by atoms with Crippen LogP contribution in [0.5, 0.6) is 0 Å². The Morgan fingerprint density at radius 1 is 1.14 bits per heavy atom. The third kappa shape index (κ3) is 2.34. The highest BCUT2D eigenvalue weighted by Crippen LogP contribution is 2.32. The molecule has 0 aliphatic carbocycles. The Morgan fingerprint density at radius 2 is 1.90 bits per heavy atom. The average molecular weight is 294 g/mol. The molecular formula is C14H22N4O3. The maximum atomic E-state index is 12.6. The fraction of sp³-hybridized carbons (Fsp3) is 0.786. The highest BCUT2D eigenvalue weighted by Gasteiger charge is 2.53. The van der Waals surface area contributed by atoms with Crippen LogP contribution in [-0.4, -0.2) is 64.9 Å². The number of nitrogens with one attached hydrogen (secondary N) is 2. The van der Waals surface area contributed by atoms with Crippen LogP contribution in [0.1, 0.15) is 33.1 Å². The molecule has 0 aromatic rings. The minimum atomic E-state index is -0.523. The molecule has 3 fully saturated rings. The third-order valence-corrected chi connectivity index (χ3v) is 4.49. The Kier molecular flexibility index (Phi) is 3.51. The number of rotatable bonds is 2. The Balaban J connectivity index is 1.73. The van der Waals surface area contributed by atoms with Gasteiger partial charge in [-0.2, -0.15) is 0 Å². The van der Waals surface area contributed by atoms with Gasteiger partial charge in [-0.15, -0.1) is 0 Å². The molecule has 0 aromatic carbocycles. The van der Waals surface area contributed by atoms with E-state index in [0.717, 1.165) is 12.8 Å². The number of nitrogens with zero attached hydrogens (tertiary/aromatic N) is 2. The van der Waals surface area contributed by atoms with E-state index in [4.69, 9.17) is 0 Å².